The quantitative estimate of drug-likeness (QED) is 0.799. The van der Waals surface area contributed by atoms with Gasteiger partial charge in [-0.25, -0.2) is 13.1 Å². The minimum Gasteiger partial charge on any atom is -0.322 e. The lowest BCUT2D eigenvalue weighted by atomic mass is 10.1. The summed E-state index contributed by atoms with van der Waals surface area (Å²) in [5.74, 6) is -0.344. The van der Waals surface area contributed by atoms with E-state index in [1.807, 2.05) is 24.5 Å². The van der Waals surface area contributed by atoms with Crippen LogP contribution in [0.15, 0.2) is 46.2 Å². The molecule has 0 spiro atoms. The number of nitrogens with one attached hydrogen (secondary N) is 2. The highest BCUT2D eigenvalue weighted by atomic mass is 32.2. The number of carbonyl (C=O) groups excluding carboxylic acids is 1. The van der Waals surface area contributed by atoms with Gasteiger partial charge >= 0.3 is 0 Å². The summed E-state index contributed by atoms with van der Waals surface area (Å²) in [5.41, 5.74) is 2.35. The van der Waals surface area contributed by atoms with Crippen LogP contribution in [0.2, 0.25) is 0 Å². The van der Waals surface area contributed by atoms with Gasteiger partial charge in [0.15, 0.2) is 0 Å². The molecule has 7 heteroatoms. The molecule has 0 saturated heterocycles. The van der Waals surface area contributed by atoms with E-state index in [0.717, 1.165) is 10.5 Å². The van der Waals surface area contributed by atoms with Crippen LogP contribution in [0.3, 0.4) is 0 Å². The summed E-state index contributed by atoms with van der Waals surface area (Å²) < 4.78 is 26.6. The van der Waals surface area contributed by atoms with E-state index in [-0.39, 0.29) is 10.8 Å². The molecule has 2 N–H and O–H groups in total. The predicted octanol–water partition coefficient (Wildman–Crippen LogP) is 3.19. The van der Waals surface area contributed by atoms with Crippen molar-refractivity contribution in [3.63, 3.8) is 0 Å². The Bertz CT molecular complexity index is 877. The van der Waals surface area contributed by atoms with Crippen LogP contribution in [0.25, 0.3) is 0 Å². The van der Waals surface area contributed by atoms with Crippen LogP contribution in [0, 0.1) is 13.8 Å². The largest absolute Gasteiger partial charge is 0.322 e. The summed E-state index contributed by atoms with van der Waals surface area (Å²) in [4.78, 5) is 13.7. The van der Waals surface area contributed by atoms with Crippen molar-refractivity contribution in [2.75, 3.05) is 18.6 Å². The van der Waals surface area contributed by atoms with E-state index in [1.54, 1.807) is 37.7 Å². The van der Waals surface area contributed by atoms with Crippen molar-refractivity contribution in [2.24, 2.45) is 0 Å². The smallest absolute Gasteiger partial charge is 0.255 e. The fourth-order valence-corrected chi connectivity index (χ4v) is 3.78. The van der Waals surface area contributed by atoms with E-state index in [1.165, 1.54) is 13.1 Å². The third kappa shape index (κ3) is 3.98. The predicted molar refractivity (Wildman–Crippen MR) is 98.3 cm³/mol. The minimum absolute atomic E-state index is 0.119. The number of hydrogen-bond acceptors (Lipinski definition) is 4. The zero-order chi connectivity index (χ0) is 17.9. The maximum Gasteiger partial charge on any atom is 0.255 e. The van der Waals surface area contributed by atoms with Gasteiger partial charge in [-0.2, -0.15) is 0 Å². The highest BCUT2D eigenvalue weighted by Crippen LogP contribution is 2.23. The van der Waals surface area contributed by atoms with Crippen LogP contribution in [0.5, 0.6) is 0 Å². The lowest BCUT2D eigenvalue weighted by Gasteiger charge is -2.13. The zero-order valence-corrected chi connectivity index (χ0v) is 15.6. The van der Waals surface area contributed by atoms with Crippen molar-refractivity contribution >= 4 is 33.4 Å². The van der Waals surface area contributed by atoms with Gasteiger partial charge in [0.1, 0.15) is 0 Å². The SMILES string of the molecule is CNS(=O)(=O)c1cc(C(=O)Nc2cccc(SC)c2)cc(C)c1C. The number of anilines is 1. The summed E-state index contributed by atoms with van der Waals surface area (Å²) in [7, 11) is -2.27. The van der Waals surface area contributed by atoms with Crippen LogP contribution < -0.4 is 10.0 Å². The van der Waals surface area contributed by atoms with Crippen molar-refractivity contribution in [2.45, 2.75) is 23.6 Å². The third-order valence-electron chi connectivity index (χ3n) is 3.77. The summed E-state index contributed by atoms with van der Waals surface area (Å²) in [6, 6.07) is 10.6. The van der Waals surface area contributed by atoms with Crippen molar-refractivity contribution in [3.05, 3.63) is 53.1 Å². The Morgan fingerprint density at radius 3 is 2.46 bits per heavy atom. The van der Waals surface area contributed by atoms with Gasteiger partial charge in [-0.1, -0.05) is 6.07 Å². The van der Waals surface area contributed by atoms with E-state index in [4.69, 9.17) is 0 Å². The molecule has 128 valence electrons. The first-order valence-corrected chi connectivity index (χ1v) is 9.99. The van der Waals surface area contributed by atoms with Crippen LogP contribution in [-0.2, 0) is 10.0 Å². The van der Waals surface area contributed by atoms with Gasteiger partial charge in [-0.3, -0.25) is 4.79 Å². The van der Waals surface area contributed by atoms with Crippen LogP contribution in [0.1, 0.15) is 21.5 Å². The lowest BCUT2D eigenvalue weighted by molar-refractivity contribution is 0.102. The summed E-state index contributed by atoms with van der Waals surface area (Å²) >= 11 is 1.58. The highest BCUT2D eigenvalue weighted by molar-refractivity contribution is 7.98. The molecule has 0 radical (unpaired) electrons. The fraction of sp³-hybridized carbons (Fsp3) is 0.235. The van der Waals surface area contributed by atoms with E-state index in [0.29, 0.717) is 16.8 Å². The summed E-state index contributed by atoms with van der Waals surface area (Å²) in [6.07, 6.45) is 1.96. The number of sulfonamides is 1. The molecule has 2 aromatic carbocycles. The Kier molecular flexibility index (Phi) is 5.69. The molecule has 5 nitrogen and oxygen atoms in total. The Morgan fingerprint density at radius 1 is 1.12 bits per heavy atom. The Balaban J connectivity index is 2.39. The molecular formula is C17H20N2O3S2. The Morgan fingerprint density at radius 2 is 1.83 bits per heavy atom. The van der Waals surface area contributed by atoms with Crippen LogP contribution in [-0.4, -0.2) is 27.6 Å². The van der Waals surface area contributed by atoms with E-state index in [2.05, 4.69) is 10.0 Å². The molecule has 0 saturated carbocycles. The topological polar surface area (TPSA) is 75.3 Å². The van der Waals surface area contributed by atoms with Crippen molar-refractivity contribution in [3.8, 4) is 0 Å². The maximum absolute atomic E-state index is 12.5. The monoisotopic (exact) mass is 364 g/mol. The Labute approximate surface area is 146 Å². The first-order valence-electron chi connectivity index (χ1n) is 7.28. The van der Waals surface area contributed by atoms with Gasteiger partial charge in [0.25, 0.3) is 5.91 Å². The zero-order valence-electron chi connectivity index (χ0n) is 14.0. The number of hydrogen-bond donors (Lipinski definition) is 2. The molecule has 2 aromatic rings. The minimum atomic E-state index is -3.62. The second-order valence-electron chi connectivity index (χ2n) is 5.31. The first kappa shape index (κ1) is 18.5. The average Bonchev–Trinajstić information content (AvgIpc) is 2.57. The Hall–Kier alpha value is -1.83. The molecule has 0 aliphatic carbocycles. The van der Waals surface area contributed by atoms with E-state index >= 15 is 0 Å². The number of carbonyl (C=O) groups is 1. The van der Waals surface area contributed by atoms with Gasteiger partial charge in [0.2, 0.25) is 10.0 Å². The van der Waals surface area contributed by atoms with Gasteiger partial charge in [-0.05, 0) is 68.6 Å². The second kappa shape index (κ2) is 7.38. The summed E-state index contributed by atoms with van der Waals surface area (Å²) in [6.45, 7) is 3.51. The second-order valence-corrected chi connectivity index (χ2v) is 8.04. The first-order chi connectivity index (χ1) is 11.3. The molecule has 0 bridgehead atoms. The van der Waals surface area contributed by atoms with E-state index < -0.39 is 10.0 Å². The fourth-order valence-electron chi connectivity index (χ4n) is 2.25. The number of rotatable bonds is 5. The van der Waals surface area contributed by atoms with Crippen molar-refractivity contribution < 1.29 is 13.2 Å². The number of thioether (sulfide) groups is 1. The van der Waals surface area contributed by atoms with E-state index in [9.17, 15) is 13.2 Å². The molecule has 2 rings (SSSR count). The molecule has 1 amide bonds. The molecule has 0 aliphatic rings. The van der Waals surface area contributed by atoms with Gasteiger partial charge < -0.3 is 5.32 Å². The molecule has 0 aliphatic heterocycles. The molecule has 0 fully saturated rings. The standard InChI is InChI=1S/C17H20N2O3S2/c1-11-8-13(9-16(12(11)2)24(21,22)18-3)17(20)19-14-6-5-7-15(10-14)23-4/h5-10,18H,1-4H3,(H,19,20). The number of benzene rings is 2. The maximum atomic E-state index is 12.5. The molecule has 0 heterocycles. The number of amides is 1. The third-order valence-corrected chi connectivity index (χ3v) is 6.03. The number of aryl methyl sites for hydroxylation is 1. The van der Waals surface area contributed by atoms with Crippen molar-refractivity contribution in [1.29, 1.82) is 0 Å². The molecular weight excluding hydrogens is 344 g/mol. The van der Waals surface area contributed by atoms with Gasteiger partial charge in [0.05, 0.1) is 4.90 Å². The van der Waals surface area contributed by atoms with Gasteiger partial charge in [0, 0.05) is 16.1 Å². The van der Waals surface area contributed by atoms with Crippen molar-refractivity contribution in [1.82, 2.24) is 4.72 Å². The van der Waals surface area contributed by atoms with Crippen LogP contribution >= 0.6 is 11.8 Å². The summed E-state index contributed by atoms with van der Waals surface area (Å²) in [5, 5.41) is 2.81. The van der Waals surface area contributed by atoms with Crippen LogP contribution in [0.4, 0.5) is 5.69 Å². The molecule has 0 aromatic heterocycles. The van der Waals surface area contributed by atoms with Gasteiger partial charge in [-0.15, -0.1) is 11.8 Å². The highest BCUT2D eigenvalue weighted by Gasteiger charge is 2.19. The lowest BCUT2D eigenvalue weighted by Crippen LogP contribution is -2.21. The normalized spacial score (nSPS) is 11.3. The molecule has 0 unspecified atom stereocenters. The molecule has 0 atom stereocenters. The average molecular weight is 364 g/mol. The molecule has 24 heavy (non-hydrogen) atoms.